The molecule has 0 amide bonds. The summed E-state index contributed by atoms with van der Waals surface area (Å²) < 4.78 is 9.34. The number of methoxy groups -OCH3 is 1. The van der Waals surface area contributed by atoms with E-state index in [1.165, 1.54) is 5.56 Å². The molecule has 136 valence electrons. The number of hydrogen-bond acceptors (Lipinski definition) is 6. The molecule has 8 nitrogen and oxygen atoms in total. The maximum atomic E-state index is 5.73. The van der Waals surface area contributed by atoms with Gasteiger partial charge in [0.25, 0.3) is 0 Å². The van der Waals surface area contributed by atoms with Crippen LogP contribution in [0.1, 0.15) is 17.2 Å². The van der Waals surface area contributed by atoms with Crippen LogP contribution in [0.3, 0.4) is 0 Å². The van der Waals surface area contributed by atoms with Gasteiger partial charge in [-0.25, -0.2) is 0 Å². The maximum Gasteiger partial charge on any atom is 0.0969 e. The molecule has 4 rings (SSSR count). The smallest absolute Gasteiger partial charge is 0.0969 e. The van der Waals surface area contributed by atoms with Crippen molar-refractivity contribution in [3.8, 4) is 11.3 Å². The number of nitrogens with zero attached hydrogens (tertiary/aromatic N) is 7. The molecule has 3 aromatic heterocycles. The van der Waals surface area contributed by atoms with Crippen molar-refractivity contribution in [2.75, 3.05) is 20.2 Å². The van der Waals surface area contributed by atoms with Crippen molar-refractivity contribution in [1.29, 1.82) is 0 Å². The molecular formula is C18H23N7O. The predicted octanol–water partition coefficient (Wildman–Crippen LogP) is 1.22. The van der Waals surface area contributed by atoms with Gasteiger partial charge in [0, 0.05) is 82.7 Å². The number of pyridine rings is 1. The van der Waals surface area contributed by atoms with Crippen LogP contribution in [-0.4, -0.2) is 61.0 Å². The molecule has 0 N–H and O–H groups in total. The van der Waals surface area contributed by atoms with Crippen LogP contribution in [0.15, 0.2) is 36.9 Å². The summed E-state index contributed by atoms with van der Waals surface area (Å²) in [6.45, 7) is 2.58. The Balaban J connectivity index is 1.55. The molecule has 3 aromatic rings. The van der Waals surface area contributed by atoms with Gasteiger partial charge in [0.2, 0.25) is 0 Å². The average molecular weight is 353 g/mol. The first-order valence-corrected chi connectivity index (χ1v) is 8.68. The molecule has 1 fully saturated rings. The van der Waals surface area contributed by atoms with Crippen LogP contribution < -0.4 is 0 Å². The van der Waals surface area contributed by atoms with Gasteiger partial charge in [-0.15, -0.1) is 5.10 Å². The van der Waals surface area contributed by atoms with Crippen molar-refractivity contribution in [3.63, 3.8) is 0 Å². The van der Waals surface area contributed by atoms with Gasteiger partial charge in [-0.2, -0.15) is 5.10 Å². The minimum Gasteiger partial charge on any atom is -0.379 e. The fourth-order valence-corrected chi connectivity index (χ4v) is 3.69. The first-order valence-electron chi connectivity index (χ1n) is 8.68. The SMILES string of the molecule is CO[C@@H]1CN(Cc2cn(C)nc2-c2ccncc2)C[C@H]1c1cn(C)nn1. The summed E-state index contributed by atoms with van der Waals surface area (Å²) in [5, 5.41) is 13.0. The van der Waals surface area contributed by atoms with Gasteiger partial charge >= 0.3 is 0 Å². The van der Waals surface area contributed by atoms with Crippen molar-refractivity contribution in [2.24, 2.45) is 14.1 Å². The van der Waals surface area contributed by atoms with Crippen LogP contribution in [0.2, 0.25) is 0 Å². The molecule has 0 aliphatic carbocycles. The van der Waals surface area contributed by atoms with Gasteiger partial charge in [-0.1, -0.05) is 5.21 Å². The molecule has 0 spiro atoms. The summed E-state index contributed by atoms with van der Waals surface area (Å²) in [5.74, 6) is 0.231. The fraction of sp³-hybridized carbons (Fsp3) is 0.444. The van der Waals surface area contributed by atoms with Crippen LogP contribution in [0.5, 0.6) is 0 Å². The molecule has 2 atom stereocenters. The van der Waals surface area contributed by atoms with Gasteiger partial charge in [-0.3, -0.25) is 19.2 Å². The van der Waals surface area contributed by atoms with Gasteiger partial charge in [-0.05, 0) is 12.1 Å². The minimum absolute atomic E-state index is 0.118. The lowest BCUT2D eigenvalue weighted by molar-refractivity contribution is 0.0957. The molecule has 0 saturated carbocycles. The van der Waals surface area contributed by atoms with E-state index < -0.39 is 0 Å². The Morgan fingerprint density at radius 3 is 2.62 bits per heavy atom. The zero-order valence-corrected chi connectivity index (χ0v) is 15.3. The summed E-state index contributed by atoms with van der Waals surface area (Å²) in [4.78, 5) is 6.50. The molecule has 1 aliphatic rings. The van der Waals surface area contributed by atoms with Crippen LogP contribution in [0.25, 0.3) is 11.3 Å². The quantitative estimate of drug-likeness (QED) is 0.687. The molecule has 8 heteroatoms. The third-order valence-corrected chi connectivity index (χ3v) is 4.90. The molecule has 0 unspecified atom stereocenters. The second-order valence-electron chi connectivity index (χ2n) is 6.80. The lowest BCUT2D eigenvalue weighted by Gasteiger charge is -2.15. The third kappa shape index (κ3) is 3.25. The van der Waals surface area contributed by atoms with Gasteiger partial charge < -0.3 is 4.74 Å². The van der Waals surface area contributed by atoms with Gasteiger partial charge in [0.05, 0.1) is 17.5 Å². The lowest BCUT2D eigenvalue weighted by Crippen LogP contribution is -2.22. The second-order valence-corrected chi connectivity index (χ2v) is 6.80. The molecular weight excluding hydrogens is 330 g/mol. The fourth-order valence-electron chi connectivity index (χ4n) is 3.69. The zero-order valence-electron chi connectivity index (χ0n) is 15.3. The Hall–Kier alpha value is -2.58. The maximum absolute atomic E-state index is 5.73. The summed E-state index contributed by atoms with van der Waals surface area (Å²) in [6.07, 6.45) is 7.79. The van der Waals surface area contributed by atoms with Crippen LogP contribution in [0.4, 0.5) is 0 Å². The number of likely N-dealkylation sites (tertiary alicyclic amines) is 1. The van der Waals surface area contributed by atoms with Gasteiger partial charge in [0.15, 0.2) is 0 Å². The van der Waals surface area contributed by atoms with Crippen molar-refractivity contribution in [1.82, 2.24) is 34.7 Å². The zero-order chi connectivity index (χ0) is 18.1. The summed E-state index contributed by atoms with van der Waals surface area (Å²) >= 11 is 0. The van der Waals surface area contributed by atoms with E-state index in [4.69, 9.17) is 4.74 Å². The van der Waals surface area contributed by atoms with Crippen LogP contribution in [-0.2, 0) is 25.4 Å². The first kappa shape index (κ1) is 16.9. The first-order chi connectivity index (χ1) is 12.6. The number of hydrogen-bond donors (Lipinski definition) is 0. The standard InChI is InChI=1S/C18H23N7O/c1-23-8-14(18(21-23)13-4-6-19-7-5-13)9-25-10-15(17(12-25)26-3)16-11-24(2)22-20-16/h4-8,11,15,17H,9-10,12H2,1-3H3/t15-,17+/m0/s1. The number of ether oxygens (including phenoxy) is 1. The van der Waals surface area contributed by atoms with Gasteiger partial charge in [0.1, 0.15) is 0 Å². The highest BCUT2D eigenvalue weighted by atomic mass is 16.5. The molecule has 0 bridgehead atoms. The van der Waals surface area contributed by atoms with E-state index in [0.717, 1.165) is 36.6 Å². The third-order valence-electron chi connectivity index (χ3n) is 4.90. The molecule has 0 aromatic carbocycles. The van der Waals surface area contributed by atoms with E-state index in [1.54, 1.807) is 24.2 Å². The summed E-state index contributed by atoms with van der Waals surface area (Å²) in [6, 6.07) is 3.99. The van der Waals surface area contributed by atoms with E-state index in [1.807, 2.05) is 37.1 Å². The van der Waals surface area contributed by atoms with Crippen molar-refractivity contribution >= 4 is 0 Å². The monoisotopic (exact) mass is 353 g/mol. The molecule has 1 aliphatic heterocycles. The second kappa shape index (κ2) is 6.97. The van der Waals surface area contributed by atoms with Crippen LogP contribution >= 0.6 is 0 Å². The Kier molecular flexibility index (Phi) is 4.52. The molecule has 4 heterocycles. The average Bonchev–Trinajstić information content (AvgIpc) is 3.34. The lowest BCUT2D eigenvalue weighted by atomic mass is 10.0. The number of rotatable bonds is 5. The van der Waals surface area contributed by atoms with E-state index >= 15 is 0 Å². The highest BCUT2D eigenvalue weighted by Gasteiger charge is 2.36. The number of aromatic nitrogens is 6. The predicted molar refractivity (Wildman–Crippen MR) is 96.3 cm³/mol. The molecule has 26 heavy (non-hydrogen) atoms. The Morgan fingerprint density at radius 1 is 1.12 bits per heavy atom. The topological polar surface area (TPSA) is 73.9 Å². The minimum atomic E-state index is 0.118. The summed E-state index contributed by atoms with van der Waals surface area (Å²) in [5.41, 5.74) is 4.28. The molecule has 0 radical (unpaired) electrons. The van der Waals surface area contributed by atoms with E-state index in [9.17, 15) is 0 Å². The largest absolute Gasteiger partial charge is 0.379 e. The Labute approximate surface area is 152 Å². The normalized spacial score (nSPS) is 20.7. The Bertz CT molecular complexity index is 873. The highest BCUT2D eigenvalue weighted by Crippen LogP contribution is 2.30. The van der Waals surface area contributed by atoms with E-state index in [2.05, 4.69) is 31.5 Å². The van der Waals surface area contributed by atoms with Crippen LogP contribution in [0, 0.1) is 0 Å². The summed E-state index contributed by atoms with van der Waals surface area (Å²) in [7, 11) is 5.62. The van der Waals surface area contributed by atoms with E-state index in [0.29, 0.717) is 0 Å². The van der Waals surface area contributed by atoms with Crippen molar-refractivity contribution in [2.45, 2.75) is 18.6 Å². The Morgan fingerprint density at radius 2 is 1.92 bits per heavy atom. The number of aryl methyl sites for hydroxylation is 2. The van der Waals surface area contributed by atoms with Crippen molar-refractivity contribution < 1.29 is 4.74 Å². The molecule has 1 saturated heterocycles. The van der Waals surface area contributed by atoms with E-state index in [-0.39, 0.29) is 12.0 Å². The highest BCUT2D eigenvalue weighted by molar-refractivity contribution is 5.61. The van der Waals surface area contributed by atoms with Crippen molar-refractivity contribution in [3.05, 3.63) is 48.2 Å².